The minimum atomic E-state index is -0.857. The molecule has 0 aliphatic rings. The van der Waals surface area contributed by atoms with E-state index in [1.807, 2.05) is 38.1 Å². The maximum atomic E-state index is 12.0. The molecule has 0 fully saturated rings. The van der Waals surface area contributed by atoms with Crippen molar-refractivity contribution in [1.29, 1.82) is 0 Å². The Bertz CT molecular complexity index is 643. The highest BCUT2D eigenvalue weighted by Crippen LogP contribution is 2.13. The van der Waals surface area contributed by atoms with Crippen LogP contribution in [-0.4, -0.2) is 32.5 Å². The fourth-order valence-corrected chi connectivity index (χ4v) is 2.28. The normalized spacial score (nSPS) is 11.5. The molecule has 2 aromatic rings. The van der Waals surface area contributed by atoms with Crippen molar-refractivity contribution in [1.82, 2.24) is 15.3 Å². The van der Waals surface area contributed by atoms with Gasteiger partial charge in [-0.05, 0) is 32.4 Å². The maximum Gasteiger partial charge on any atom is 0.303 e. The molecule has 0 spiro atoms. The summed E-state index contributed by atoms with van der Waals surface area (Å²) >= 11 is 0. The smallest absolute Gasteiger partial charge is 0.303 e. The predicted molar refractivity (Wildman–Crippen MR) is 83.5 cm³/mol. The molecule has 1 amide bonds. The van der Waals surface area contributed by atoms with Gasteiger partial charge in [0.25, 0.3) is 0 Å². The highest BCUT2D eigenvalue weighted by molar-refractivity contribution is 5.78. The van der Waals surface area contributed by atoms with Crippen LogP contribution in [0.2, 0.25) is 0 Å². The molecule has 0 aliphatic heterocycles. The third kappa shape index (κ3) is 4.58. The van der Waals surface area contributed by atoms with Crippen LogP contribution in [0, 0.1) is 0 Å². The predicted octanol–water partition coefficient (Wildman–Crippen LogP) is 2.26. The van der Waals surface area contributed by atoms with E-state index in [-0.39, 0.29) is 12.3 Å². The lowest BCUT2D eigenvalue weighted by atomic mass is 9.98. The Morgan fingerprint density at radius 2 is 2.00 bits per heavy atom. The number of carboxylic acid groups (broad SMARTS) is 1. The minimum absolute atomic E-state index is 0.0385. The molecule has 0 bridgehead atoms. The zero-order valence-electron chi connectivity index (χ0n) is 12.8. The molecule has 0 radical (unpaired) electrons. The van der Waals surface area contributed by atoms with Crippen molar-refractivity contribution in [3.8, 4) is 0 Å². The Morgan fingerprint density at radius 3 is 2.68 bits per heavy atom. The van der Waals surface area contributed by atoms with Crippen molar-refractivity contribution >= 4 is 22.9 Å². The van der Waals surface area contributed by atoms with Gasteiger partial charge in [0, 0.05) is 24.8 Å². The molecule has 1 heterocycles. The Kier molecular flexibility index (Phi) is 4.80. The second kappa shape index (κ2) is 6.60. The summed E-state index contributed by atoms with van der Waals surface area (Å²) in [6.07, 6.45) is 1.28. The lowest BCUT2D eigenvalue weighted by Crippen LogP contribution is -2.43. The average Bonchev–Trinajstić information content (AvgIpc) is 2.85. The standard InChI is InChI=1S/C16H21N3O3/c1-16(2,10-9-15(21)22)19-14(20)8-7-13-17-11-5-3-4-6-12(11)18-13/h3-6H,7-10H2,1-2H3,(H,17,18)(H,19,20)(H,21,22). The molecular formula is C16H21N3O3. The number of aliphatic carboxylic acids is 1. The first-order chi connectivity index (χ1) is 10.4. The summed E-state index contributed by atoms with van der Waals surface area (Å²) in [7, 11) is 0. The molecule has 3 N–H and O–H groups in total. The molecule has 1 aromatic heterocycles. The van der Waals surface area contributed by atoms with Crippen LogP contribution < -0.4 is 5.32 Å². The van der Waals surface area contributed by atoms with Crippen molar-refractivity contribution in [3.05, 3.63) is 30.1 Å². The number of carbonyl (C=O) groups excluding carboxylic acids is 1. The zero-order chi connectivity index (χ0) is 16.2. The van der Waals surface area contributed by atoms with Crippen LogP contribution in [-0.2, 0) is 16.0 Å². The number of amides is 1. The quantitative estimate of drug-likeness (QED) is 0.731. The van der Waals surface area contributed by atoms with Gasteiger partial charge in [0.1, 0.15) is 5.82 Å². The number of aromatic amines is 1. The summed E-state index contributed by atoms with van der Waals surface area (Å²) < 4.78 is 0. The number of carbonyl (C=O) groups is 2. The molecule has 6 heteroatoms. The van der Waals surface area contributed by atoms with Crippen molar-refractivity contribution in [2.45, 2.75) is 45.1 Å². The summed E-state index contributed by atoms with van der Waals surface area (Å²) in [6.45, 7) is 3.66. The van der Waals surface area contributed by atoms with Crippen LogP contribution in [0.25, 0.3) is 11.0 Å². The van der Waals surface area contributed by atoms with Gasteiger partial charge in [-0.3, -0.25) is 9.59 Å². The van der Waals surface area contributed by atoms with E-state index in [0.29, 0.717) is 19.3 Å². The number of carboxylic acids is 1. The first kappa shape index (κ1) is 16.0. The zero-order valence-corrected chi connectivity index (χ0v) is 12.8. The molecular weight excluding hydrogens is 282 g/mol. The second-order valence-electron chi connectivity index (χ2n) is 6.03. The molecule has 0 saturated heterocycles. The van der Waals surface area contributed by atoms with Gasteiger partial charge in [-0.1, -0.05) is 12.1 Å². The van der Waals surface area contributed by atoms with Crippen molar-refractivity contribution < 1.29 is 14.7 Å². The van der Waals surface area contributed by atoms with Crippen LogP contribution in [0.1, 0.15) is 38.9 Å². The average molecular weight is 303 g/mol. The van der Waals surface area contributed by atoms with E-state index in [2.05, 4.69) is 15.3 Å². The van der Waals surface area contributed by atoms with Gasteiger partial charge >= 0.3 is 5.97 Å². The van der Waals surface area contributed by atoms with E-state index in [4.69, 9.17) is 5.11 Å². The fourth-order valence-electron chi connectivity index (χ4n) is 2.28. The third-order valence-electron chi connectivity index (χ3n) is 3.47. The van der Waals surface area contributed by atoms with Crippen LogP contribution in [0.4, 0.5) is 0 Å². The minimum Gasteiger partial charge on any atom is -0.481 e. The highest BCUT2D eigenvalue weighted by Gasteiger charge is 2.21. The number of para-hydroxylation sites is 2. The fraction of sp³-hybridized carbons (Fsp3) is 0.438. The van der Waals surface area contributed by atoms with Crippen LogP contribution >= 0.6 is 0 Å². The summed E-state index contributed by atoms with van der Waals surface area (Å²) in [4.78, 5) is 30.2. The molecule has 1 aromatic carbocycles. The van der Waals surface area contributed by atoms with Gasteiger partial charge in [-0.25, -0.2) is 4.98 Å². The van der Waals surface area contributed by atoms with E-state index in [1.165, 1.54) is 0 Å². The van der Waals surface area contributed by atoms with Crippen LogP contribution in [0.5, 0.6) is 0 Å². The Hall–Kier alpha value is -2.37. The SMILES string of the molecule is CC(C)(CCC(=O)O)NC(=O)CCc1nc2ccccc2[nH]1. The van der Waals surface area contributed by atoms with E-state index in [1.54, 1.807) is 0 Å². The number of aryl methyl sites for hydroxylation is 1. The number of nitrogens with one attached hydrogen (secondary N) is 2. The van der Waals surface area contributed by atoms with Gasteiger partial charge < -0.3 is 15.4 Å². The van der Waals surface area contributed by atoms with Crippen molar-refractivity contribution in [2.75, 3.05) is 0 Å². The molecule has 118 valence electrons. The Balaban J connectivity index is 1.85. The number of benzene rings is 1. The van der Waals surface area contributed by atoms with E-state index in [0.717, 1.165) is 16.9 Å². The first-order valence-electron chi connectivity index (χ1n) is 7.32. The van der Waals surface area contributed by atoms with Crippen LogP contribution in [0.15, 0.2) is 24.3 Å². The summed E-state index contributed by atoms with van der Waals surface area (Å²) in [5, 5.41) is 11.6. The van der Waals surface area contributed by atoms with E-state index < -0.39 is 11.5 Å². The van der Waals surface area contributed by atoms with Gasteiger partial charge in [0.2, 0.25) is 5.91 Å². The lowest BCUT2D eigenvalue weighted by Gasteiger charge is -2.25. The molecule has 6 nitrogen and oxygen atoms in total. The van der Waals surface area contributed by atoms with Crippen LogP contribution in [0.3, 0.4) is 0 Å². The molecule has 22 heavy (non-hydrogen) atoms. The summed E-state index contributed by atoms with van der Waals surface area (Å²) in [5.74, 6) is -0.180. The highest BCUT2D eigenvalue weighted by atomic mass is 16.4. The monoisotopic (exact) mass is 303 g/mol. The number of nitrogens with zero attached hydrogens (tertiary/aromatic N) is 1. The Morgan fingerprint density at radius 1 is 1.27 bits per heavy atom. The third-order valence-corrected chi connectivity index (χ3v) is 3.47. The van der Waals surface area contributed by atoms with Crippen molar-refractivity contribution in [2.24, 2.45) is 0 Å². The molecule has 0 aliphatic carbocycles. The number of hydrogen-bond acceptors (Lipinski definition) is 3. The van der Waals surface area contributed by atoms with Gasteiger partial charge in [0.05, 0.1) is 11.0 Å². The summed E-state index contributed by atoms with van der Waals surface area (Å²) in [5.41, 5.74) is 1.32. The number of hydrogen-bond donors (Lipinski definition) is 3. The largest absolute Gasteiger partial charge is 0.481 e. The molecule has 2 rings (SSSR count). The van der Waals surface area contributed by atoms with E-state index in [9.17, 15) is 9.59 Å². The molecule has 0 atom stereocenters. The van der Waals surface area contributed by atoms with Gasteiger partial charge in [-0.15, -0.1) is 0 Å². The van der Waals surface area contributed by atoms with Gasteiger partial charge in [0.15, 0.2) is 0 Å². The number of aromatic nitrogens is 2. The van der Waals surface area contributed by atoms with Crippen molar-refractivity contribution in [3.63, 3.8) is 0 Å². The Labute approximate surface area is 128 Å². The molecule has 0 saturated carbocycles. The lowest BCUT2D eigenvalue weighted by molar-refractivity contribution is -0.137. The summed E-state index contributed by atoms with van der Waals surface area (Å²) in [6, 6.07) is 7.72. The maximum absolute atomic E-state index is 12.0. The van der Waals surface area contributed by atoms with Gasteiger partial charge in [-0.2, -0.15) is 0 Å². The molecule has 0 unspecified atom stereocenters. The number of fused-ring (bicyclic) bond motifs is 1. The second-order valence-corrected chi connectivity index (χ2v) is 6.03. The number of rotatable bonds is 7. The van der Waals surface area contributed by atoms with E-state index >= 15 is 0 Å². The first-order valence-corrected chi connectivity index (χ1v) is 7.32. The topological polar surface area (TPSA) is 95.1 Å². The number of imidazole rings is 1. The number of H-pyrrole nitrogens is 1.